The molecule has 1 N–H and O–H groups in total. The predicted octanol–water partition coefficient (Wildman–Crippen LogP) is 4.06. The zero-order chi connectivity index (χ0) is 15.1. The molecule has 0 spiro atoms. The van der Waals surface area contributed by atoms with Crippen molar-refractivity contribution in [3.8, 4) is 0 Å². The van der Waals surface area contributed by atoms with Crippen molar-refractivity contribution in [3.05, 3.63) is 40.5 Å². The van der Waals surface area contributed by atoms with E-state index in [-0.39, 0.29) is 0 Å². The first kappa shape index (κ1) is 16.5. The van der Waals surface area contributed by atoms with Gasteiger partial charge in [-0.2, -0.15) is 4.98 Å². The standard InChI is InChI=1S/C15H20BrN3OS/c1-3-11(17-4-2)9-15-18-14(19-20-15)10-21-13-8-6-5-7-12(13)16/h5-8,11,17H,3-4,9-10H2,1-2H3. The Bertz CT molecular complexity index is 561. The second kappa shape index (κ2) is 8.56. The molecule has 1 aromatic heterocycles. The number of nitrogens with one attached hydrogen (secondary N) is 1. The van der Waals surface area contributed by atoms with Gasteiger partial charge >= 0.3 is 0 Å². The van der Waals surface area contributed by atoms with Crippen LogP contribution in [0.3, 0.4) is 0 Å². The van der Waals surface area contributed by atoms with Crippen molar-refractivity contribution < 1.29 is 4.52 Å². The third kappa shape index (κ3) is 5.13. The molecule has 0 bridgehead atoms. The van der Waals surface area contributed by atoms with E-state index in [4.69, 9.17) is 4.52 Å². The molecule has 1 unspecified atom stereocenters. The van der Waals surface area contributed by atoms with Gasteiger partial charge in [0, 0.05) is 21.8 Å². The lowest BCUT2D eigenvalue weighted by Crippen LogP contribution is -2.30. The number of nitrogens with zero attached hydrogens (tertiary/aromatic N) is 2. The van der Waals surface area contributed by atoms with Gasteiger partial charge in [0.1, 0.15) is 0 Å². The number of hydrogen-bond acceptors (Lipinski definition) is 5. The Balaban J connectivity index is 1.90. The Hall–Kier alpha value is -0.850. The van der Waals surface area contributed by atoms with E-state index in [2.05, 4.69) is 51.3 Å². The van der Waals surface area contributed by atoms with Gasteiger partial charge in [-0.3, -0.25) is 0 Å². The molecule has 1 heterocycles. The van der Waals surface area contributed by atoms with Crippen molar-refractivity contribution in [1.82, 2.24) is 15.5 Å². The summed E-state index contributed by atoms with van der Waals surface area (Å²) in [7, 11) is 0. The van der Waals surface area contributed by atoms with Crippen molar-refractivity contribution in [2.24, 2.45) is 0 Å². The molecule has 1 aromatic carbocycles. The van der Waals surface area contributed by atoms with Crippen LogP contribution in [0.15, 0.2) is 38.2 Å². The summed E-state index contributed by atoms with van der Waals surface area (Å²) in [6.07, 6.45) is 1.84. The zero-order valence-electron chi connectivity index (χ0n) is 12.3. The number of rotatable bonds is 8. The summed E-state index contributed by atoms with van der Waals surface area (Å²) in [5.41, 5.74) is 0. The van der Waals surface area contributed by atoms with Gasteiger partial charge in [-0.05, 0) is 41.0 Å². The van der Waals surface area contributed by atoms with E-state index < -0.39 is 0 Å². The van der Waals surface area contributed by atoms with E-state index in [1.54, 1.807) is 11.8 Å². The molecule has 2 rings (SSSR count). The van der Waals surface area contributed by atoms with E-state index in [9.17, 15) is 0 Å². The monoisotopic (exact) mass is 369 g/mol. The summed E-state index contributed by atoms with van der Waals surface area (Å²) < 4.78 is 6.43. The van der Waals surface area contributed by atoms with E-state index in [0.29, 0.717) is 17.7 Å². The first-order valence-corrected chi connectivity index (χ1v) is 8.93. The van der Waals surface area contributed by atoms with Crippen LogP contribution < -0.4 is 5.32 Å². The molecule has 0 aliphatic heterocycles. The Labute approximate surface area is 138 Å². The molecule has 0 saturated carbocycles. The Morgan fingerprint density at radius 3 is 2.86 bits per heavy atom. The van der Waals surface area contributed by atoms with E-state index >= 15 is 0 Å². The highest BCUT2D eigenvalue weighted by atomic mass is 79.9. The smallest absolute Gasteiger partial charge is 0.228 e. The number of benzene rings is 1. The molecule has 6 heteroatoms. The minimum atomic E-state index is 0.402. The Kier molecular flexibility index (Phi) is 6.73. The van der Waals surface area contributed by atoms with Crippen LogP contribution in [0.25, 0.3) is 0 Å². The maximum atomic E-state index is 5.34. The topological polar surface area (TPSA) is 51.0 Å². The largest absolute Gasteiger partial charge is 0.339 e. The highest BCUT2D eigenvalue weighted by Crippen LogP contribution is 2.28. The fourth-order valence-electron chi connectivity index (χ4n) is 2.00. The number of likely N-dealkylation sites (N-methyl/N-ethyl adjacent to an activating group) is 1. The number of thioether (sulfide) groups is 1. The molecule has 0 fully saturated rings. The van der Waals surface area contributed by atoms with Crippen molar-refractivity contribution in [2.45, 2.75) is 43.4 Å². The quantitative estimate of drug-likeness (QED) is 0.711. The summed E-state index contributed by atoms with van der Waals surface area (Å²) in [5, 5.41) is 7.47. The van der Waals surface area contributed by atoms with Gasteiger partial charge in [-0.25, -0.2) is 0 Å². The van der Waals surface area contributed by atoms with E-state index in [1.807, 2.05) is 18.2 Å². The predicted molar refractivity (Wildman–Crippen MR) is 89.5 cm³/mol. The molecule has 0 aliphatic carbocycles. The van der Waals surface area contributed by atoms with Crippen LogP contribution in [-0.2, 0) is 12.2 Å². The van der Waals surface area contributed by atoms with Crippen LogP contribution in [-0.4, -0.2) is 22.7 Å². The van der Waals surface area contributed by atoms with Gasteiger partial charge in [0.25, 0.3) is 0 Å². The van der Waals surface area contributed by atoms with Crippen molar-refractivity contribution in [3.63, 3.8) is 0 Å². The summed E-state index contributed by atoms with van der Waals surface area (Å²) in [6.45, 7) is 5.22. The highest BCUT2D eigenvalue weighted by Gasteiger charge is 2.12. The highest BCUT2D eigenvalue weighted by molar-refractivity contribution is 9.10. The average Bonchev–Trinajstić information content (AvgIpc) is 2.93. The van der Waals surface area contributed by atoms with Gasteiger partial charge < -0.3 is 9.84 Å². The molecular weight excluding hydrogens is 350 g/mol. The molecule has 2 aromatic rings. The van der Waals surface area contributed by atoms with Crippen LogP contribution in [0.4, 0.5) is 0 Å². The van der Waals surface area contributed by atoms with Crippen LogP contribution in [0.1, 0.15) is 32.0 Å². The Morgan fingerprint density at radius 2 is 2.14 bits per heavy atom. The minimum Gasteiger partial charge on any atom is -0.339 e. The SMILES string of the molecule is CCNC(CC)Cc1nc(CSc2ccccc2Br)no1. The lowest BCUT2D eigenvalue weighted by molar-refractivity contribution is 0.352. The fourth-order valence-corrected chi connectivity index (χ4v) is 3.41. The summed E-state index contributed by atoms with van der Waals surface area (Å²) in [5.74, 6) is 2.17. The van der Waals surface area contributed by atoms with E-state index in [1.165, 1.54) is 4.90 Å². The van der Waals surface area contributed by atoms with Crippen molar-refractivity contribution >= 4 is 27.7 Å². The second-order valence-corrected chi connectivity index (χ2v) is 6.56. The van der Waals surface area contributed by atoms with Crippen LogP contribution in [0.5, 0.6) is 0 Å². The lowest BCUT2D eigenvalue weighted by Gasteiger charge is -2.12. The van der Waals surface area contributed by atoms with Crippen LogP contribution >= 0.6 is 27.7 Å². The lowest BCUT2D eigenvalue weighted by atomic mass is 10.1. The summed E-state index contributed by atoms with van der Waals surface area (Å²) >= 11 is 5.24. The Morgan fingerprint density at radius 1 is 1.33 bits per heavy atom. The molecule has 0 saturated heterocycles. The molecule has 21 heavy (non-hydrogen) atoms. The third-order valence-corrected chi connectivity index (χ3v) is 5.13. The molecule has 4 nitrogen and oxygen atoms in total. The zero-order valence-corrected chi connectivity index (χ0v) is 14.7. The molecule has 0 aliphatic rings. The summed E-state index contributed by atoms with van der Waals surface area (Å²) in [6, 6.07) is 8.54. The van der Waals surface area contributed by atoms with Gasteiger partial charge in [0.05, 0.1) is 5.75 Å². The number of aromatic nitrogens is 2. The van der Waals surface area contributed by atoms with Crippen molar-refractivity contribution in [1.29, 1.82) is 0 Å². The first-order chi connectivity index (χ1) is 10.2. The van der Waals surface area contributed by atoms with Gasteiger partial charge in [0.2, 0.25) is 5.89 Å². The van der Waals surface area contributed by atoms with Crippen molar-refractivity contribution in [2.75, 3.05) is 6.54 Å². The minimum absolute atomic E-state index is 0.402. The molecular formula is C15H20BrN3OS. The first-order valence-electron chi connectivity index (χ1n) is 7.15. The van der Waals surface area contributed by atoms with Crippen LogP contribution in [0, 0.1) is 0 Å². The maximum Gasteiger partial charge on any atom is 0.228 e. The molecule has 114 valence electrons. The average molecular weight is 370 g/mol. The van der Waals surface area contributed by atoms with Gasteiger partial charge in [-0.1, -0.05) is 31.1 Å². The molecule has 0 amide bonds. The second-order valence-electron chi connectivity index (χ2n) is 4.69. The normalized spacial score (nSPS) is 12.5. The maximum absolute atomic E-state index is 5.34. The number of hydrogen-bond donors (Lipinski definition) is 1. The van der Waals surface area contributed by atoms with E-state index in [0.717, 1.165) is 29.7 Å². The van der Waals surface area contributed by atoms with Gasteiger partial charge in [-0.15, -0.1) is 11.8 Å². The fraction of sp³-hybridized carbons (Fsp3) is 0.467. The summed E-state index contributed by atoms with van der Waals surface area (Å²) in [4.78, 5) is 5.65. The molecule has 1 atom stereocenters. The van der Waals surface area contributed by atoms with Gasteiger partial charge in [0.15, 0.2) is 5.82 Å². The third-order valence-electron chi connectivity index (χ3n) is 3.11. The van der Waals surface area contributed by atoms with Crippen LogP contribution in [0.2, 0.25) is 0 Å². The number of halogens is 1. The molecule has 0 radical (unpaired) electrons.